The van der Waals surface area contributed by atoms with Gasteiger partial charge in [0.05, 0.1) is 24.8 Å². The molecule has 1 aromatic heterocycles. The summed E-state index contributed by atoms with van der Waals surface area (Å²) >= 11 is 12.7. The normalized spacial score (nSPS) is 14.5. The van der Waals surface area contributed by atoms with Crippen molar-refractivity contribution < 1.29 is 23.5 Å². The number of carbonyl (C=O) groups is 2. The average Bonchev–Trinajstić information content (AvgIpc) is 3.44. The van der Waals surface area contributed by atoms with Crippen LogP contribution in [-0.4, -0.2) is 34.8 Å². The molecule has 0 saturated carbocycles. The van der Waals surface area contributed by atoms with E-state index in [2.05, 4.69) is 5.32 Å². The Bertz CT molecular complexity index is 1310. The van der Waals surface area contributed by atoms with Crippen molar-refractivity contribution in [1.29, 1.82) is 0 Å². The maximum Gasteiger partial charge on any atom is 0.266 e. The number of ether oxygens (including phenoxy) is 2. The van der Waals surface area contributed by atoms with E-state index in [9.17, 15) is 9.59 Å². The molecular weight excluding hydrogens is 508 g/mol. The molecule has 2 aromatic carbocycles. The van der Waals surface area contributed by atoms with Crippen molar-refractivity contribution >= 4 is 63.5 Å². The summed E-state index contributed by atoms with van der Waals surface area (Å²) in [6, 6.07) is 14.0. The highest BCUT2D eigenvalue weighted by molar-refractivity contribution is 8.26. The summed E-state index contributed by atoms with van der Waals surface area (Å²) in [6.45, 7) is 1.95. The van der Waals surface area contributed by atoms with Crippen LogP contribution < -0.4 is 14.8 Å². The van der Waals surface area contributed by atoms with Crippen LogP contribution in [0.4, 0.5) is 5.69 Å². The van der Waals surface area contributed by atoms with Gasteiger partial charge in [-0.3, -0.25) is 14.5 Å². The van der Waals surface area contributed by atoms with E-state index in [0.29, 0.717) is 37.2 Å². The molecule has 180 valence electrons. The molecule has 4 rings (SSSR count). The van der Waals surface area contributed by atoms with Gasteiger partial charge in [0.2, 0.25) is 0 Å². The molecule has 0 spiro atoms. The van der Waals surface area contributed by atoms with Gasteiger partial charge in [-0.2, -0.15) is 0 Å². The van der Waals surface area contributed by atoms with Crippen LogP contribution in [0.15, 0.2) is 64.1 Å². The lowest BCUT2D eigenvalue weighted by Gasteiger charge is -2.12. The number of hydrogen-bond acceptors (Lipinski definition) is 7. The number of carbonyl (C=O) groups excluding carboxylic acids is 2. The van der Waals surface area contributed by atoms with Crippen molar-refractivity contribution in [1.82, 2.24) is 4.90 Å². The van der Waals surface area contributed by atoms with Crippen LogP contribution in [0.3, 0.4) is 0 Å². The molecule has 2 amide bonds. The Balaban J connectivity index is 1.41. The molecule has 1 aliphatic heterocycles. The molecule has 1 aliphatic rings. The number of anilines is 1. The second-order valence-corrected chi connectivity index (χ2v) is 9.64. The summed E-state index contributed by atoms with van der Waals surface area (Å²) in [6.07, 6.45) is 3.29. The van der Waals surface area contributed by atoms with E-state index >= 15 is 0 Å². The first-order valence-electron chi connectivity index (χ1n) is 10.5. The highest BCUT2D eigenvalue weighted by Crippen LogP contribution is 2.35. The number of rotatable bonds is 8. The first-order chi connectivity index (χ1) is 16.8. The number of aryl methyl sites for hydroxylation is 1. The number of nitrogens with zero attached hydrogens (tertiary/aromatic N) is 1. The molecule has 0 radical (unpaired) electrons. The fourth-order valence-corrected chi connectivity index (χ4v) is 4.69. The number of thiocarbonyl (C=S) groups is 1. The second-order valence-electron chi connectivity index (χ2n) is 7.56. The van der Waals surface area contributed by atoms with Gasteiger partial charge in [-0.25, -0.2) is 0 Å². The number of methoxy groups -OCH3 is 1. The lowest BCUT2D eigenvalue weighted by atomic mass is 10.2. The van der Waals surface area contributed by atoms with Crippen LogP contribution in [-0.2, 0) is 16.1 Å². The smallest absolute Gasteiger partial charge is 0.266 e. The van der Waals surface area contributed by atoms with Gasteiger partial charge < -0.3 is 19.2 Å². The zero-order valence-electron chi connectivity index (χ0n) is 18.9. The van der Waals surface area contributed by atoms with Crippen molar-refractivity contribution in [2.45, 2.75) is 13.5 Å². The van der Waals surface area contributed by atoms with E-state index in [1.807, 2.05) is 13.0 Å². The minimum absolute atomic E-state index is 0.191. The van der Waals surface area contributed by atoms with Gasteiger partial charge in [0.15, 0.2) is 18.1 Å². The Kier molecular flexibility index (Phi) is 7.80. The minimum Gasteiger partial charge on any atom is -0.493 e. The number of thioether (sulfide) groups is 1. The number of amides is 2. The predicted octanol–water partition coefficient (Wildman–Crippen LogP) is 5.67. The van der Waals surface area contributed by atoms with E-state index in [1.54, 1.807) is 54.8 Å². The maximum absolute atomic E-state index is 12.8. The highest BCUT2D eigenvalue weighted by Gasteiger charge is 2.32. The summed E-state index contributed by atoms with van der Waals surface area (Å²) in [5.74, 6) is 0.947. The van der Waals surface area contributed by atoms with Crippen LogP contribution in [0.1, 0.15) is 16.9 Å². The number of halogens is 1. The lowest BCUT2D eigenvalue weighted by molar-refractivity contribution is -0.122. The highest BCUT2D eigenvalue weighted by atomic mass is 35.5. The molecule has 3 aromatic rings. The molecule has 0 aliphatic carbocycles. The van der Waals surface area contributed by atoms with Crippen LogP contribution in [0.2, 0.25) is 5.02 Å². The maximum atomic E-state index is 12.8. The van der Waals surface area contributed by atoms with Gasteiger partial charge in [-0.05, 0) is 60.5 Å². The predicted molar refractivity (Wildman–Crippen MR) is 141 cm³/mol. The molecule has 0 unspecified atom stereocenters. The van der Waals surface area contributed by atoms with Gasteiger partial charge in [-0.15, -0.1) is 0 Å². The Morgan fingerprint density at radius 2 is 2.06 bits per heavy atom. The standard InChI is InChI=1S/C25H21ClN2O5S2/c1-15-5-7-17(12-19(15)26)27-23(29)14-33-20-8-6-16(10-21(20)31-2)11-22-24(30)28(25(34)35-22)13-18-4-3-9-32-18/h3-12H,13-14H2,1-2H3,(H,27,29)/b22-11-. The summed E-state index contributed by atoms with van der Waals surface area (Å²) in [5.41, 5.74) is 2.23. The first kappa shape index (κ1) is 24.8. The van der Waals surface area contributed by atoms with E-state index in [-0.39, 0.29) is 25.0 Å². The third kappa shape index (κ3) is 6.05. The van der Waals surface area contributed by atoms with Crippen LogP contribution in [0.25, 0.3) is 6.08 Å². The van der Waals surface area contributed by atoms with E-state index in [1.165, 1.54) is 23.8 Å². The largest absolute Gasteiger partial charge is 0.493 e. The summed E-state index contributed by atoms with van der Waals surface area (Å²) < 4.78 is 16.9. The number of hydrogen-bond donors (Lipinski definition) is 1. The zero-order valence-corrected chi connectivity index (χ0v) is 21.3. The fourth-order valence-electron chi connectivity index (χ4n) is 3.25. The van der Waals surface area contributed by atoms with Crippen molar-refractivity contribution in [3.8, 4) is 11.5 Å². The quantitative estimate of drug-likeness (QED) is 0.298. The molecule has 1 saturated heterocycles. The van der Waals surface area contributed by atoms with Crippen LogP contribution in [0, 0.1) is 6.92 Å². The number of furan rings is 1. The topological polar surface area (TPSA) is 81.0 Å². The molecule has 35 heavy (non-hydrogen) atoms. The fraction of sp³-hybridized carbons (Fsp3) is 0.160. The van der Waals surface area contributed by atoms with Gasteiger partial charge >= 0.3 is 0 Å². The van der Waals surface area contributed by atoms with Gasteiger partial charge in [0, 0.05) is 10.7 Å². The van der Waals surface area contributed by atoms with Gasteiger partial charge in [0.25, 0.3) is 11.8 Å². The molecule has 1 fully saturated rings. The monoisotopic (exact) mass is 528 g/mol. The Labute approximate surface area is 217 Å². The first-order valence-corrected chi connectivity index (χ1v) is 12.1. The van der Waals surface area contributed by atoms with Crippen LogP contribution in [0.5, 0.6) is 11.5 Å². The van der Waals surface area contributed by atoms with Gasteiger partial charge in [-0.1, -0.05) is 47.7 Å². The van der Waals surface area contributed by atoms with Crippen molar-refractivity contribution in [2.75, 3.05) is 19.0 Å². The molecule has 0 atom stereocenters. The van der Waals surface area contributed by atoms with Gasteiger partial charge in [0.1, 0.15) is 10.1 Å². The molecule has 0 bridgehead atoms. The third-order valence-corrected chi connectivity index (χ3v) is 6.85. The zero-order chi connectivity index (χ0) is 24.9. The van der Waals surface area contributed by atoms with Crippen molar-refractivity contribution in [3.63, 3.8) is 0 Å². The van der Waals surface area contributed by atoms with Crippen molar-refractivity contribution in [2.24, 2.45) is 0 Å². The van der Waals surface area contributed by atoms with E-state index in [0.717, 1.165) is 11.1 Å². The number of nitrogens with one attached hydrogen (secondary N) is 1. The summed E-state index contributed by atoms with van der Waals surface area (Å²) in [5, 5.41) is 3.31. The number of benzene rings is 2. The minimum atomic E-state index is -0.337. The van der Waals surface area contributed by atoms with E-state index < -0.39 is 0 Å². The summed E-state index contributed by atoms with van der Waals surface area (Å²) in [4.78, 5) is 27.1. The van der Waals surface area contributed by atoms with Crippen molar-refractivity contribution in [3.05, 3.63) is 81.6 Å². The molecule has 1 N–H and O–H groups in total. The van der Waals surface area contributed by atoms with Crippen LogP contribution >= 0.6 is 35.6 Å². The average molecular weight is 529 g/mol. The summed E-state index contributed by atoms with van der Waals surface area (Å²) in [7, 11) is 1.50. The Hall–Kier alpha value is -3.27. The third-order valence-electron chi connectivity index (χ3n) is 5.07. The van der Waals surface area contributed by atoms with E-state index in [4.69, 9.17) is 37.7 Å². The SMILES string of the molecule is COc1cc(/C=C2\SC(=S)N(Cc3ccco3)C2=O)ccc1OCC(=O)Nc1ccc(C)c(Cl)c1. The Morgan fingerprint density at radius 1 is 1.23 bits per heavy atom. The molecular formula is C25H21ClN2O5S2. The Morgan fingerprint density at radius 3 is 2.77 bits per heavy atom. The molecule has 7 nitrogen and oxygen atoms in total. The lowest BCUT2D eigenvalue weighted by Crippen LogP contribution is -2.27. The second kappa shape index (κ2) is 11.0. The molecule has 2 heterocycles. The molecule has 10 heteroatoms.